The molecule has 2 aromatic carbocycles. The molecule has 2 aromatic rings. The molecule has 0 atom stereocenters. The number of carbonyl (C=O) groups excluding carboxylic acids is 1. The van der Waals surface area contributed by atoms with Gasteiger partial charge in [0.15, 0.2) is 5.78 Å². The van der Waals surface area contributed by atoms with Crippen LogP contribution in [0.2, 0.25) is 10.6 Å². The minimum absolute atomic E-state index is 0.0336. The lowest BCUT2D eigenvalue weighted by molar-refractivity contribution is 0.103. The Morgan fingerprint density at radius 3 is 2.00 bits per heavy atom. The highest BCUT2D eigenvalue weighted by molar-refractivity contribution is 6.34. The van der Waals surface area contributed by atoms with Crippen molar-refractivity contribution in [1.29, 1.82) is 0 Å². The molecule has 2 N–H and O–H groups in total. The summed E-state index contributed by atoms with van der Waals surface area (Å²) in [5.74, 6) is -0.0336. The molecule has 0 radical (unpaired) electrons. The van der Waals surface area contributed by atoms with Gasteiger partial charge in [-0.3, -0.25) is 4.79 Å². The Morgan fingerprint density at radius 2 is 1.50 bits per heavy atom. The quantitative estimate of drug-likeness (QED) is 0.527. The molecule has 0 bridgehead atoms. The van der Waals surface area contributed by atoms with Crippen molar-refractivity contribution in [2.75, 3.05) is 5.73 Å². The molecule has 0 aliphatic rings. The normalized spacial score (nSPS) is 9.30. The number of rotatable bonds is 4. The number of nitrogen functional groups attached to an aromatic ring is 1. The maximum Gasteiger partial charge on any atom is 0.236 e. The second-order valence-corrected chi connectivity index (χ2v) is 7.34. The third-order valence-corrected chi connectivity index (χ3v) is 4.36. The number of anilines is 1. The van der Waals surface area contributed by atoms with Crippen LogP contribution in [0, 0.1) is 0 Å². The van der Waals surface area contributed by atoms with Crippen LogP contribution in [0.5, 0.6) is 0 Å². The van der Waals surface area contributed by atoms with E-state index in [-0.39, 0.29) is 5.78 Å². The molecule has 0 unspecified atom stereocenters. The van der Waals surface area contributed by atoms with Gasteiger partial charge in [0, 0.05) is 16.8 Å². The van der Waals surface area contributed by atoms with Crippen molar-refractivity contribution in [1.82, 2.24) is 0 Å². The summed E-state index contributed by atoms with van der Waals surface area (Å²) < 4.78 is 0. The summed E-state index contributed by atoms with van der Waals surface area (Å²) in [6.07, 6.45) is 0. The van der Waals surface area contributed by atoms with E-state index in [0.717, 1.165) is 0 Å². The Balaban J connectivity index is 0.000000347. The second kappa shape index (κ2) is 9.36. The number of hydrogen-bond acceptors (Lipinski definition) is 2. The van der Waals surface area contributed by atoms with Crippen LogP contribution >= 0.6 is 0 Å². The van der Waals surface area contributed by atoms with E-state index in [1.807, 2.05) is 30.3 Å². The zero-order chi connectivity index (χ0) is 14.8. The molecule has 2 nitrogen and oxygen atoms in total. The van der Waals surface area contributed by atoms with E-state index in [9.17, 15) is 4.79 Å². The van der Waals surface area contributed by atoms with Crippen molar-refractivity contribution < 1.29 is 4.79 Å². The molecule has 0 aliphatic carbocycles. The van der Waals surface area contributed by atoms with Crippen molar-refractivity contribution in [3.05, 3.63) is 65.7 Å². The molecule has 0 aliphatic heterocycles. The van der Waals surface area contributed by atoms with Crippen LogP contribution in [0.25, 0.3) is 0 Å². The molecular formula is C17H22AlNO. The van der Waals surface area contributed by atoms with Gasteiger partial charge < -0.3 is 5.73 Å². The van der Waals surface area contributed by atoms with Crippen LogP contribution < -0.4 is 5.73 Å². The first-order valence-corrected chi connectivity index (χ1v) is 9.15. The lowest BCUT2D eigenvalue weighted by Crippen LogP contribution is -2.04. The smallest absolute Gasteiger partial charge is 0.236 e. The van der Waals surface area contributed by atoms with Crippen LogP contribution in [0.15, 0.2) is 54.6 Å². The summed E-state index contributed by atoms with van der Waals surface area (Å²) in [5.41, 5.74) is 7.48. The fourth-order valence-electron chi connectivity index (χ4n) is 1.80. The van der Waals surface area contributed by atoms with Crippen LogP contribution in [-0.4, -0.2) is 21.0 Å². The number of ketones is 1. The Hall–Kier alpha value is -1.56. The third-order valence-electron chi connectivity index (χ3n) is 2.95. The van der Waals surface area contributed by atoms with Crippen molar-refractivity contribution >= 4 is 26.7 Å². The molecule has 0 spiro atoms. The van der Waals surface area contributed by atoms with Gasteiger partial charge >= 0.3 is 0 Å². The number of nitrogens with two attached hydrogens (primary N) is 1. The van der Waals surface area contributed by atoms with E-state index in [4.69, 9.17) is 5.73 Å². The van der Waals surface area contributed by atoms with Gasteiger partial charge in [0.1, 0.15) is 0 Å². The largest absolute Gasteiger partial charge is 0.398 e. The highest BCUT2D eigenvalue weighted by Gasteiger charge is 2.10. The van der Waals surface area contributed by atoms with Gasteiger partial charge in [-0.2, -0.15) is 0 Å². The number of carbonyl (C=O) groups is 1. The number of benzene rings is 2. The Bertz CT molecular complexity index is 524. The fraction of sp³-hybridized carbons (Fsp3) is 0.235. The molecule has 3 heteroatoms. The van der Waals surface area contributed by atoms with Crippen molar-refractivity contribution in [3.63, 3.8) is 0 Å². The van der Waals surface area contributed by atoms with Gasteiger partial charge in [0.05, 0.1) is 0 Å². The average Bonchev–Trinajstić information content (AvgIpc) is 2.49. The molecule has 0 fully saturated rings. The Labute approximate surface area is 127 Å². The molecule has 0 saturated carbocycles. The summed E-state index contributed by atoms with van der Waals surface area (Å²) in [6, 6.07) is 16.2. The van der Waals surface area contributed by atoms with E-state index in [2.05, 4.69) is 13.8 Å². The third kappa shape index (κ3) is 5.21. The van der Waals surface area contributed by atoms with Crippen LogP contribution in [0.1, 0.15) is 29.8 Å². The van der Waals surface area contributed by atoms with E-state index >= 15 is 0 Å². The van der Waals surface area contributed by atoms with Gasteiger partial charge in [0.25, 0.3) is 0 Å². The van der Waals surface area contributed by atoms with Crippen molar-refractivity contribution in [2.24, 2.45) is 0 Å². The molecule has 0 heterocycles. The monoisotopic (exact) mass is 283 g/mol. The molecule has 0 saturated heterocycles. The highest BCUT2D eigenvalue weighted by atomic mass is 27.1. The summed E-state index contributed by atoms with van der Waals surface area (Å²) in [4.78, 5) is 12.0. The Kier molecular flexibility index (Phi) is 7.72. The predicted octanol–water partition coefficient (Wildman–Crippen LogP) is 3.80. The fourth-order valence-corrected chi connectivity index (χ4v) is 2.51. The lowest BCUT2D eigenvalue weighted by Gasteiger charge is -2.03. The van der Waals surface area contributed by atoms with Gasteiger partial charge in [-0.1, -0.05) is 56.3 Å². The zero-order valence-electron chi connectivity index (χ0n) is 12.3. The second-order valence-electron chi connectivity index (χ2n) is 4.64. The molecule has 20 heavy (non-hydrogen) atoms. The summed E-state index contributed by atoms with van der Waals surface area (Å²) in [7, 11) is 0. The van der Waals surface area contributed by atoms with E-state index in [1.54, 1.807) is 24.3 Å². The lowest BCUT2D eigenvalue weighted by atomic mass is 10.0. The molecule has 104 valence electrons. The predicted molar refractivity (Wildman–Crippen MR) is 88.8 cm³/mol. The maximum absolute atomic E-state index is 12.0. The maximum atomic E-state index is 12.0. The molecule has 0 aromatic heterocycles. The highest BCUT2D eigenvalue weighted by Crippen LogP contribution is 2.15. The first-order chi connectivity index (χ1) is 9.70. The summed E-state index contributed by atoms with van der Waals surface area (Å²) in [5, 5.41) is 2.97. The first kappa shape index (κ1) is 16.5. The number of hydrogen-bond donors (Lipinski definition) is 1. The zero-order valence-corrected chi connectivity index (χ0v) is 13.7. The molecule has 0 amide bonds. The van der Waals surface area contributed by atoms with Crippen LogP contribution in [0.4, 0.5) is 5.69 Å². The van der Waals surface area contributed by atoms with E-state index < -0.39 is 0 Å². The van der Waals surface area contributed by atoms with Crippen LogP contribution in [-0.2, 0) is 0 Å². The SMILES string of the molecule is C[CH2][AlH][CH2]C.Nc1ccccc1C(=O)c1ccccc1. The minimum Gasteiger partial charge on any atom is -0.398 e. The van der Waals surface area contributed by atoms with Gasteiger partial charge in [-0.15, -0.1) is 10.6 Å². The van der Waals surface area contributed by atoms with E-state index in [1.165, 1.54) is 10.6 Å². The molecular weight excluding hydrogens is 261 g/mol. The summed E-state index contributed by atoms with van der Waals surface area (Å²) in [6.45, 7) is 4.55. The first-order valence-electron chi connectivity index (χ1n) is 7.15. The number of para-hydroxylation sites is 1. The van der Waals surface area contributed by atoms with Crippen molar-refractivity contribution in [2.45, 2.75) is 24.4 Å². The minimum atomic E-state index is -0.0336. The standard InChI is InChI=1S/C13H11NO.2C2H5.Al.H/c14-12-9-5-4-8-11(12)13(15)10-6-2-1-3-7-10;2*1-2;;/h1-9H,14H2;2*1H2,2H3;;. The topological polar surface area (TPSA) is 43.1 Å². The van der Waals surface area contributed by atoms with Crippen LogP contribution in [0.3, 0.4) is 0 Å². The van der Waals surface area contributed by atoms with Gasteiger partial charge in [0.2, 0.25) is 15.2 Å². The van der Waals surface area contributed by atoms with Gasteiger partial charge in [-0.25, -0.2) is 0 Å². The average molecular weight is 283 g/mol. The summed E-state index contributed by atoms with van der Waals surface area (Å²) >= 11 is 0.432. The Morgan fingerprint density at radius 1 is 0.950 bits per heavy atom. The van der Waals surface area contributed by atoms with Gasteiger partial charge in [-0.05, 0) is 12.1 Å². The van der Waals surface area contributed by atoms with E-state index in [0.29, 0.717) is 32.0 Å². The molecule has 2 rings (SSSR count). The van der Waals surface area contributed by atoms with Crippen molar-refractivity contribution in [3.8, 4) is 0 Å².